The molecule has 1 saturated carbocycles. The Hall–Kier alpha value is -6.63. The highest BCUT2D eigenvalue weighted by Gasteiger charge is 2.46. The first-order chi connectivity index (χ1) is 33.9. The Balaban J connectivity index is 0.806. The summed E-state index contributed by atoms with van der Waals surface area (Å²) < 4.78 is 13.2. The SMILES string of the molecule is COC(=O)CC1N=C(c2ccc(-c3ccc(OC4CC(C(=O)NC(C(=O)N5C[C@H](O)C[C@H]5C(=O)N[C@@H](C)c5ccc(-c6scnc6C)cc5)C(C)(C)C)C4)nc3)cc2)c2c(sc(C)c2C)-n2c(C)nnc21. The molecule has 18 heteroatoms. The maximum atomic E-state index is 14.3. The number of ether oxygens (including phenoxy) is 2. The lowest BCUT2D eigenvalue weighted by Gasteiger charge is -2.39. The van der Waals surface area contributed by atoms with E-state index in [2.05, 4.69) is 44.6 Å². The molecule has 16 nitrogen and oxygen atoms in total. The van der Waals surface area contributed by atoms with E-state index < -0.39 is 35.6 Å². The Morgan fingerprint density at radius 2 is 1.55 bits per heavy atom. The number of aliphatic hydroxyl groups is 1. The van der Waals surface area contributed by atoms with E-state index in [4.69, 9.17) is 14.5 Å². The van der Waals surface area contributed by atoms with Gasteiger partial charge >= 0.3 is 5.97 Å². The predicted octanol–water partition coefficient (Wildman–Crippen LogP) is 7.73. The third-order valence-electron chi connectivity index (χ3n) is 13.8. The summed E-state index contributed by atoms with van der Waals surface area (Å²) in [6.07, 6.45) is 1.66. The normalized spacial score (nSPS) is 20.4. The van der Waals surface area contributed by atoms with Gasteiger partial charge in [-0.15, -0.1) is 32.9 Å². The Labute approximate surface area is 421 Å². The molecule has 2 aromatic carbocycles. The van der Waals surface area contributed by atoms with Gasteiger partial charge < -0.3 is 30.1 Å². The zero-order chi connectivity index (χ0) is 50.5. The summed E-state index contributed by atoms with van der Waals surface area (Å²) in [7, 11) is 1.37. The van der Waals surface area contributed by atoms with Crippen molar-refractivity contribution in [1.82, 2.24) is 40.3 Å². The number of nitrogens with one attached hydrogen (secondary N) is 2. The number of β-amino-alcohol motifs (C(OH)–C–C–N with tert-alkyl or cyclic N) is 1. The molecule has 2 aliphatic heterocycles. The van der Waals surface area contributed by atoms with E-state index in [1.807, 2.05) is 112 Å². The van der Waals surface area contributed by atoms with Gasteiger partial charge in [0.05, 0.1) is 47.5 Å². The Kier molecular flexibility index (Phi) is 13.8. The highest BCUT2D eigenvalue weighted by molar-refractivity contribution is 7.15. The van der Waals surface area contributed by atoms with E-state index in [1.165, 1.54) is 12.0 Å². The van der Waals surface area contributed by atoms with E-state index in [0.717, 1.165) is 70.9 Å². The molecule has 3 N–H and O–H groups in total. The largest absolute Gasteiger partial charge is 0.474 e. The maximum absolute atomic E-state index is 14.3. The third-order valence-corrected chi connectivity index (χ3v) is 16.0. The summed E-state index contributed by atoms with van der Waals surface area (Å²) in [5.74, 6) is -0.0309. The lowest BCUT2D eigenvalue weighted by atomic mass is 9.80. The number of pyridine rings is 1. The van der Waals surface area contributed by atoms with Gasteiger partial charge in [-0.3, -0.25) is 28.7 Å². The van der Waals surface area contributed by atoms with Gasteiger partial charge in [0.25, 0.3) is 0 Å². The molecule has 0 bridgehead atoms. The number of esters is 1. The number of aliphatic hydroxyl groups excluding tert-OH is 1. The summed E-state index contributed by atoms with van der Waals surface area (Å²) in [5.41, 5.74) is 9.64. The fraction of sp³-hybridized carbons (Fsp3) is 0.415. The van der Waals surface area contributed by atoms with Crippen LogP contribution in [-0.2, 0) is 23.9 Å². The third kappa shape index (κ3) is 10.0. The molecule has 1 saturated heterocycles. The summed E-state index contributed by atoms with van der Waals surface area (Å²) in [4.78, 5) is 72.1. The van der Waals surface area contributed by atoms with Gasteiger partial charge in [0.15, 0.2) is 5.82 Å². The lowest BCUT2D eigenvalue weighted by Crippen LogP contribution is -2.59. The van der Waals surface area contributed by atoms with E-state index >= 15 is 0 Å². The number of aryl methyl sites for hydroxylation is 3. The molecular weight excluding hydrogens is 939 g/mol. The zero-order valence-electron chi connectivity index (χ0n) is 41.3. The minimum atomic E-state index is -0.934. The molecule has 3 amide bonds. The molecule has 71 heavy (non-hydrogen) atoms. The number of likely N-dealkylation sites (tertiary alicyclic amines) is 1. The van der Waals surface area contributed by atoms with E-state index in [1.54, 1.807) is 28.9 Å². The standard InChI is InChI=1S/C53H59N9O7S2/c1-27-30(4)71-52-44(27)45(57-40(23-43(64)68-9)48-60-59-31(5)62(48)52)34-14-12-33(13-15-34)36-18-19-42(54-24-36)69-39-20-37(21-39)49(65)58-47(53(6,7)8)51(67)61-25-38(63)22-41(61)50(66)56-28(2)32-10-16-35(17-11-32)46-29(3)55-26-70-46/h10-19,24,26,28,37-41,47,63H,20-23,25H2,1-9H3,(H,56,66)(H,58,65)/t28-,37?,38+,39?,40?,41-,47?/m0/s1. The van der Waals surface area contributed by atoms with Crippen molar-refractivity contribution in [1.29, 1.82) is 0 Å². The van der Waals surface area contributed by atoms with Crippen LogP contribution in [0.2, 0.25) is 0 Å². The molecule has 2 fully saturated rings. The van der Waals surface area contributed by atoms with Crippen molar-refractivity contribution in [2.45, 2.75) is 117 Å². The summed E-state index contributed by atoms with van der Waals surface area (Å²) in [5, 5.41) is 26.6. The van der Waals surface area contributed by atoms with Gasteiger partial charge in [-0.05, 0) is 81.2 Å². The van der Waals surface area contributed by atoms with Gasteiger partial charge in [0, 0.05) is 52.7 Å². The van der Waals surface area contributed by atoms with Crippen molar-refractivity contribution in [3.63, 3.8) is 0 Å². The van der Waals surface area contributed by atoms with E-state index in [0.29, 0.717) is 24.5 Å². The van der Waals surface area contributed by atoms with Crippen molar-refractivity contribution in [3.05, 3.63) is 117 Å². The minimum absolute atomic E-state index is 0.00923. The molecule has 4 aromatic heterocycles. The van der Waals surface area contributed by atoms with Crippen LogP contribution in [-0.4, -0.2) is 102 Å². The number of hydrogen-bond acceptors (Lipinski definition) is 14. The zero-order valence-corrected chi connectivity index (χ0v) is 43.0. The topological polar surface area (TPSA) is 203 Å². The summed E-state index contributed by atoms with van der Waals surface area (Å²) in [6, 6.07) is 17.1. The number of fused-ring (bicyclic) bond motifs is 3. The predicted molar refractivity (Wildman–Crippen MR) is 272 cm³/mol. The highest BCUT2D eigenvalue weighted by Crippen LogP contribution is 2.40. The van der Waals surface area contributed by atoms with Crippen LogP contribution in [0, 0.1) is 39.0 Å². The van der Waals surface area contributed by atoms with Gasteiger partial charge in [0.1, 0.15) is 35.1 Å². The monoisotopic (exact) mass is 997 g/mol. The van der Waals surface area contributed by atoms with Gasteiger partial charge in [-0.2, -0.15) is 0 Å². The van der Waals surface area contributed by atoms with Crippen molar-refractivity contribution >= 4 is 52.1 Å². The van der Waals surface area contributed by atoms with Crippen LogP contribution >= 0.6 is 22.7 Å². The molecule has 6 heterocycles. The number of aromatic nitrogens is 5. The van der Waals surface area contributed by atoms with Crippen LogP contribution in [0.1, 0.15) is 110 Å². The van der Waals surface area contributed by atoms with Gasteiger partial charge in [0.2, 0.25) is 23.6 Å². The minimum Gasteiger partial charge on any atom is -0.474 e. The number of aliphatic imine (C=N–C) groups is 1. The first-order valence-corrected chi connectivity index (χ1v) is 25.6. The number of benzene rings is 2. The average Bonchev–Trinajstić information content (AvgIpc) is 4.10. The maximum Gasteiger partial charge on any atom is 0.308 e. The second kappa shape index (κ2) is 19.9. The van der Waals surface area contributed by atoms with Crippen LogP contribution in [0.4, 0.5) is 0 Å². The molecule has 6 aromatic rings. The number of nitrogens with zero attached hydrogens (tertiary/aromatic N) is 7. The second-order valence-electron chi connectivity index (χ2n) is 19.9. The molecule has 9 rings (SSSR count). The quantitative estimate of drug-likeness (QED) is 0.0956. The number of rotatable bonds is 13. The number of thiazole rings is 1. The molecule has 370 valence electrons. The molecule has 5 atom stereocenters. The molecular formula is C53H59N9O7S2. The first kappa shape index (κ1) is 49.4. The van der Waals surface area contributed by atoms with Crippen LogP contribution in [0.5, 0.6) is 5.88 Å². The van der Waals surface area contributed by atoms with Crippen molar-refractivity contribution in [3.8, 4) is 32.4 Å². The number of hydrogen-bond donors (Lipinski definition) is 3. The first-order valence-electron chi connectivity index (χ1n) is 23.9. The van der Waals surface area contributed by atoms with Crippen LogP contribution in [0.25, 0.3) is 26.6 Å². The molecule has 3 aliphatic rings. The van der Waals surface area contributed by atoms with Crippen molar-refractivity contribution in [2.24, 2.45) is 16.3 Å². The number of carbonyl (C=O) groups excluding carboxylic acids is 4. The van der Waals surface area contributed by atoms with Gasteiger partial charge in [-0.25, -0.2) is 9.97 Å². The molecule has 2 unspecified atom stereocenters. The number of carbonyl (C=O) groups is 4. The number of thiophene rings is 1. The average molecular weight is 998 g/mol. The fourth-order valence-electron chi connectivity index (χ4n) is 9.53. The van der Waals surface area contributed by atoms with Crippen molar-refractivity contribution in [2.75, 3.05) is 13.7 Å². The fourth-order valence-corrected chi connectivity index (χ4v) is 11.6. The van der Waals surface area contributed by atoms with Crippen LogP contribution in [0.3, 0.4) is 0 Å². The molecule has 0 spiro atoms. The van der Waals surface area contributed by atoms with E-state index in [9.17, 15) is 24.3 Å². The van der Waals surface area contributed by atoms with Gasteiger partial charge in [-0.1, -0.05) is 69.3 Å². The number of methoxy groups -OCH3 is 1. The smallest absolute Gasteiger partial charge is 0.308 e. The van der Waals surface area contributed by atoms with Crippen molar-refractivity contribution < 1.29 is 33.8 Å². The summed E-state index contributed by atoms with van der Waals surface area (Å²) in [6.45, 7) is 15.6. The molecule has 0 radical (unpaired) electrons. The Morgan fingerprint density at radius 3 is 2.20 bits per heavy atom. The van der Waals surface area contributed by atoms with Crippen LogP contribution < -0.4 is 15.4 Å². The lowest BCUT2D eigenvalue weighted by molar-refractivity contribution is -0.145. The Bertz CT molecular complexity index is 3000. The highest BCUT2D eigenvalue weighted by atomic mass is 32.1. The second-order valence-corrected chi connectivity index (χ2v) is 21.9. The Morgan fingerprint density at radius 1 is 0.859 bits per heavy atom. The summed E-state index contributed by atoms with van der Waals surface area (Å²) >= 11 is 3.23. The van der Waals surface area contributed by atoms with E-state index in [-0.39, 0.29) is 55.2 Å². The van der Waals surface area contributed by atoms with Crippen LogP contribution in [0.15, 0.2) is 77.4 Å². The molecule has 1 aliphatic carbocycles. The number of amides is 3.